The molecule has 0 atom stereocenters. The molecule has 1 N–H and O–H groups in total. The van der Waals surface area contributed by atoms with Crippen molar-refractivity contribution in [2.24, 2.45) is 0 Å². The van der Waals surface area contributed by atoms with Crippen LogP contribution in [0.1, 0.15) is 18.4 Å². The van der Waals surface area contributed by atoms with Crippen LogP contribution in [-0.4, -0.2) is 46.2 Å². The van der Waals surface area contributed by atoms with Crippen LogP contribution in [0.3, 0.4) is 0 Å². The molecule has 1 aromatic rings. The van der Waals surface area contributed by atoms with E-state index in [0.717, 1.165) is 12.1 Å². The minimum Gasteiger partial charge on any atom is -0.469 e. The van der Waals surface area contributed by atoms with Crippen LogP contribution in [-0.2, 0) is 26.1 Å². The molecule has 1 aromatic carbocycles. The number of hydrogen-bond acceptors (Lipinski definition) is 5. The molecular weight excluding hydrogens is 292 g/mol. The first-order chi connectivity index (χ1) is 9.82. The normalized spacial score (nSPS) is 11.4. The van der Waals surface area contributed by atoms with Crippen molar-refractivity contribution in [3.05, 3.63) is 29.8 Å². The number of hydrogen-bond donors (Lipinski definition) is 1. The van der Waals surface area contributed by atoms with Crippen LogP contribution in [0.5, 0.6) is 0 Å². The topological polar surface area (TPSA) is 75.7 Å². The molecule has 0 spiro atoms. The number of sulfonamides is 1. The van der Waals surface area contributed by atoms with E-state index in [1.165, 1.54) is 7.11 Å². The zero-order chi connectivity index (χ0) is 15.9. The van der Waals surface area contributed by atoms with Crippen LogP contribution in [0.4, 0.5) is 5.69 Å². The van der Waals surface area contributed by atoms with E-state index in [9.17, 15) is 13.2 Å². The second-order valence-electron chi connectivity index (χ2n) is 5.04. The van der Waals surface area contributed by atoms with Gasteiger partial charge in [0.25, 0.3) is 0 Å². The second kappa shape index (κ2) is 7.99. The van der Waals surface area contributed by atoms with Crippen molar-refractivity contribution in [1.29, 1.82) is 0 Å². The van der Waals surface area contributed by atoms with Crippen LogP contribution >= 0.6 is 0 Å². The Hall–Kier alpha value is -1.60. The van der Waals surface area contributed by atoms with Gasteiger partial charge in [-0.3, -0.25) is 9.52 Å². The summed E-state index contributed by atoms with van der Waals surface area (Å²) >= 11 is 0. The molecule has 0 unspecified atom stereocenters. The lowest BCUT2D eigenvalue weighted by Gasteiger charge is -2.11. The SMILES string of the molecule is COC(=O)CCCS(=O)(=O)Nc1ccc(CN(C)C)cc1. The van der Waals surface area contributed by atoms with Gasteiger partial charge in [0, 0.05) is 18.7 Å². The van der Waals surface area contributed by atoms with Gasteiger partial charge in [0.2, 0.25) is 10.0 Å². The van der Waals surface area contributed by atoms with Gasteiger partial charge in [-0.15, -0.1) is 0 Å². The quantitative estimate of drug-likeness (QED) is 0.735. The average Bonchev–Trinajstić information content (AvgIpc) is 2.39. The molecule has 7 heteroatoms. The zero-order valence-electron chi connectivity index (χ0n) is 12.6. The fourth-order valence-corrected chi connectivity index (χ4v) is 2.90. The third kappa shape index (κ3) is 7.10. The smallest absolute Gasteiger partial charge is 0.305 e. The zero-order valence-corrected chi connectivity index (χ0v) is 13.4. The predicted molar refractivity (Wildman–Crippen MR) is 82.5 cm³/mol. The van der Waals surface area contributed by atoms with Gasteiger partial charge in [0.15, 0.2) is 0 Å². The Balaban J connectivity index is 2.53. The van der Waals surface area contributed by atoms with E-state index < -0.39 is 16.0 Å². The highest BCUT2D eigenvalue weighted by Crippen LogP contribution is 2.13. The fourth-order valence-electron chi connectivity index (χ4n) is 1.78. The van der Waals surface area contributed by atoms with Crippen LogP contribution in [0.2, 0.25) is 0 Å². The van der Waals surface area contributed by atoms with E-state index in [0.29, 0.717) is 5.69 Å². The summed E-state index contributed by atoms with van der Waals surface area (Å²) in [5.74, 6) is -0.514. The van der Waals surface area contributed by atoms with Crippen molar-refractivity contribution in [2.45, 2.75) is 19.4 Å². The second-order valence-corrected chi connectivity index (χ2v) is 6.88. The van der Waals surface area contributed by atoms with Crippen LogP contribution in [0, 0.1) is 0 Å². The molecule has 118 valence electrons. The summed E-state index contributed by atoms with van der Waals surface area (Å²) in [7, 11) is 1.78. The van der Waals surface area contributed by atoms with Gasteiger partial charge >= 0.3 is 5.97 Å². The summed E-state index contributed by atoms with van der Waals surface area (Å²) in [5, 5.41) is 0. The number of esters is 1. The van der Waals surface area contributed by atoms with E-state index in [-0.39, 0.29) is 18.6 Å². The molecule has 0 aromatic heterocycles. The lowest BCUT2D eigenvalue weighted by Crippen LogP contribution is -2.17. The number of ether oxygens (including phenoxy) is 1. The van der Waals surface area contributed by atoms with Crippen molar-refractivity contribution < 1.29 is 17.9 Å². The number of nitrogens with one attached hydrogen (secondary N) is 1. The molecule has 0 radical (unpaired) electrons. The van der Waals surface area contributed by atoms with E-state index in [2.05, 4.69) is 9.46 Å². The molecule has 0 heterocycles. The van der Waals surface area contributed by atoms with Gasteiger partial charge in [-0.1, -0.05) is 12.1 Å². The molecule has 1 rings (SSSR count). The van der Waals surface area contributed by atoms with Gasteiger partial charge in [0.1, 0.15) is 0 Å². The van der Waals surface area contributed by atoms with Gasteiger partial charge in [-0.2, -0.15) is 0 Å². The number of carbonyl (C=O) groups is 1. The van der Waals surface area contributed by atoms with Gasteiger partial charge in [-0.05, 0) is 38.2 Å². The Morgan fingerprint density at radius 1 is 1.24 bits per heavy atom. The van der Waals surface area contributed by atoms with Crippen LogP contribution in [0.15, 0.2) is 24.3 Å². The molecule has 21 heavy (non-hydrogen) atoms. The predicted octanol–water partition coefficient (Wildman–Crippen LogP) is 1.44. The molecule has 0 amide bonds. The first kappa shape index (κ1) is 17.5. The maximum absolute atomic E-state index is 11.9. The minimum atomic E-state index is -3.44. The Morgan fingerprint density at radius 2 is 1.86 bits per heavy atom. The van der Waals surface area contributed by atoms with Crippen molar-refractivity contribution >= 4 is 21.7 Å². The highest BCUT2D eigenvalue weighted by Gasteiger charge is 2.12. The number of benzene rings is 1. The fraction of sp³-hybridized carbons (Fsp3) is 0.500. The third-order valence-corrected chi connectivity index (χ3v) is 4.12. The van der Waals surface area contributed by atoms with Gasteiger partial charge < -0.3 is 9.64 Å². The number of carbonyl (C=O) groups excluding carboxylic acids is 1. The van der Waals surface area contributed by atoms with Gasteiger partial charge in [-0.25, -0.2) is 8.42 Å². The number of rotatable bonds is 8. The largest absolute Gasteiger partial charge is 0.469 e. The highest BCUT2D eigenvalue weighted by molar-refractivity contribution is 7.92. The Morgan fingerprint density at radius 3 is 2.38 bits per heavy atom. The summed E-state index contributed by atoms with van der Waals surface area (Å²) < 4.78 is 30.7. The number of anilines is 1. The molecule has 0 saturated carbocycles. The molecule has 0 aliphatic carbocycles. The molecule has 0 bridgehead atoms. The lowest BCUT2D eigenvalue weighted by molar-refractivity contribution is -0.140. The molecular formula is C14H22N2O4S. The van der Waals surface area contributed by atoms with E-state index in [1.807, 2.05) is 31.1 Å². The standard InChI is InChI=1S/C14H22N2O4S/c1-16(2)11-12-6-8-13(9-7-12)15-21(18,19)10-4-5-14(17)20-3/h6-9,15H,4-5,10-11H2,1-3H3. The van der Waals surface area contributed by atoms with Crippen LogP contribution in [0.25, 0.3) is 0 Å². The Bertz CT molecular complexity index is 553. The Kier molecular flexibility index (Phi) is 6.64. The summed E-state index contributed by atoms with van der Waals surface area (Å²) in [5.41, 5.74) is 1.63. The van der Waals surface area contributed by atoms with Crippen molar-refractivity contribution in [2.75, 3.05) is 31.7 Å². The highest BCUT2D eigenvalue weighted by atomic mass is 32.2. The van der Waals surface area contributed by atoms with Crippen molar-refractivity contribution in [3.8, 4) is 0 Å². The summed E-state index contributed by atoms with van der Waals surface area (Å²) in [6.07, 6.45) is 0.333. The first-order valence-electron chi connectivity index (χ1n) is 6.63. The molecule has 0 aliphatic rings. The molecule has 6 nitrogen and oxygen atoms in total. The summed E-state index contributed by atoms with van der Waals surface area (Å²) in [6, 6.07) is 7.23. The Labute approximate surface area is 126 Å². The maximum Gasteiger partial charge on any atom is 0.305 e. The maximum atomic E-state index is 11.9. The van der Waals surface area contributed by atoms with Crippen molar-refractivity contribution in [1.82, 2.24) is 4.90 Å². The molecule has 0 saturated heterocycles. The molecule has 0 aliphatic heterocycles. The van der Waals surface area contributed by atoms with E-state index >= 15 is 0 Å². The monoisotopic (exact) mass is 314 g/mol. The number of methoxy groups -OCH3 is 1. The lowest BCUT2D eigenvalue weighted by atomic mass is 10.2. The average molecular weight is 314 g/mol. The van der Waals surface area contributed by atoms with Crippen molar-refractivity contribution in [3.63, 3.8) is 0 Å². The summed E-state index contributed by atoms with van der Waals surface area (Å²) in [4.78, 5) is 13.0. The summed E-state index contributed by atoms with van der Waals surface area (Å²) in [6.45, 7) is 0.798. The third-order valence-electron chi connectivity index (χ3n) is 2.75. The van der Waals surface area contributed by atoms with E-state index in [1.54, 1.807) is 12.1 Å². The van der Waals surface area contributed by atoms with Crippen LogP contribution < -0.4 is 4.72 Å². The molecule has 0 fully saturated rings. The van der Waals surface area contributed by atoms with E-state index in [4.69, 9.17) is 0 Å². The first-order valence-corrected chi connectivity index (χ1v) is 8.28. The van der Waals surface area contributed by atoms with Gasteiger partial charge in [0.05, 0.1) is 12.9 Å². The minimum absolute atomic E-state index is 0.0964. The number of nitrogens with zero attached hydrogens (tertiary/aromatic N) is 1.